The summed E-state index contributed by atoms with van der Waals surface area (Å²) >= 11 is 0. The summed E-state index contributed by atoms with van der Waals surface area (Å²) in [5.74, 6) is 0. The minimum absolute atomic E-state index is 0.0240. The van der Waals surface area contributed by atoms with Crippen molar-refractivity contribution in [2.45, 2.75) is 88.1 Å². The summed E-state index contributed by atoms with van der Waals surface area (Å²) in [5, 5.41) is 2.05. The number of hydrogen-bond acceptors (Lipinski definition) is 2. The summed E-state index contributed by atoms with van der Waals surface area (Å²) in [7, 11) is -3.39. The average Bonchev–Trinajstić information content (AvgIpc) is 3.34. The second-order valence-corrected chi connectivity index (χ2v) is 16.6. The minimum Gasteiger partial charge on any atom is -0.402 e. The summed E-state index contributed by atoms with van der Waals surface area (Å²) < 4.78 is 174. The zero-order valence-corrected chi connectivity index (χ0v) is 24.1. The third-order valence-electron chi connectivity index (χ3n) is 7.81. The smallest absolute Gasteiger partial charge is 0.402 e. The molecule has 1 fully saturated rings. The van der Waals surface area contributed by atoms with Crippen molar-refractivity contribution in [3.63, 3.8) is 0 Å². The van der Waals surface area contributed by atoms with E-state index in [0.717, 1.165) is 0 Å². The lowest BCUT2D eigenvalue weighted by Crippen LogP contribution is -2.56. The molecule has 3 rings (SSSR count). The van der Waals surface area contributed by atoms with Crippen molar-refractivity contribution < 1.29 is 57.1 Å². The maximum atomic E-state index is 14.0. The van der Waals surface area contributed by atoms with Gasteiger partial charge in [0, 0.05) is 6.04 Å². The third kappa shape index (κ3) is 6.93. The molecular weight excluding hydrogens is 610 g/mol. The van der Waals surface area contributed by atoms with Gasteiger partial charge < -0.3 is 9.74 Å². The first-order valence-corrected chi connectivity index (χ1v) is 15.6. The van der Waals surface area contributed by atoms with Gasteiger partial charge in [-0.25, -0.2) is 0 Å². The number of hydrogen-bond donors (Lipinski definition) is 1. The van der Waals surface area contributed by atoms with Gasteiger partial charge in [-0.05, 0) is 85.0 Å². The number of alkyl halides is 12. The molecule has 0 amide bonds. The van der Waals surface area contributed by atoms with Crippen molar-refractivity contribution in [3.05, 3.63) is 69.8 Å². The van der Waals surface area contributed by atoms with Crippen molar-refractivity contribution in [1.29, 1.82) is 0 Å². The van der Waals surface area contributed by atoms with E-state index in [1.807, 2.05) is 0 Å². The van der Waals surface area contributed by atoms with Crippen LogP contribution in [0.1, 0.15) is 67.0 Å². The Morgan fingerprint density at radius 1 is 0.595 bits per heavy atom. The average molecular weight is 640 g/mol. The first-order chi connectivity index (χ1) is 18.7. The first kappa shape index (κ1) is 34.2. The Balaban J connectivity index is 2.62. The minimum atomic E-state index is -5.34. The van der Waals surface area contributed by atoms with Gasteiger partial charge in [0.05, 0.1) is 22.3 Å². The Hall–Kier alpha value is -2.26. The molecule has 1 unspecified atom stereocenters. The lowest BCUT2D eigenvalue weighted by Gasteiger charge is -2.49. The molecule has 0 spiro atoms. The molecule has 236 valence electrons. The zero-order valence-electron chi connectivity index (χ0n) is 23.1. The van der Waals surface area contributed by atoms with Gasteiger partial charge in [-0.15, -0.1) is 0 Å². The monoisotopic (exact) mass is 639 g/mol. The van der Waals surface area contributed by atoms with Gasteiger partial charge in [0.15, 0.2) is 8.32 Å². The van der Waals surface area contributed by atoms with Crippen molar-refractivity contribution in [1.82, 2.24) is 5.32 Å². The van der Waals surface area contributed by atoms with E-state index >= 15 is 0 Å². The topological polar surface area (TPSA) is 21.3 Å². The Bertz CT molecular complexity index is 1140. The first-order valence-electron chi connectivity index (χ1n) is 12.7. The Morgan fingerprint density at radius 3 is 1.14 bits per heavy atom. The van der Waals surface area contributed by atoms with Crippen LogP contribution in [0, 0.1) is 0 Å². The van der Waals surface area contributed by atoms with E-state index in [1.165, 1.54) is 0 Å². The second-order valence-electron chi connectivity index (χ2n) is 11.8. The van der Waals surface area contributed by atoms with E-state index in [2.05, 4.69) is 5.32 Å². The second kappa shape index (κ2) is 10.7. The molecule has 1 saturated heterocycles. The third-order valence-corrected chi connectivity index (χ3v) is 12.3. The lowest BCUT2D eigenvalue weighted by molar-refractivity contribution is -0.144. The Kier molecular flexibility index (Phi) is 8.74. The molecule has 1 aliphatic rings. The van der Waals surface area contributed by atoms with Crippen LogP contribution in [-0.4, -0.2) is 20.9 Å². The van der Waals surface area contributed by atoms with Crippen LogP contribution in [0.2, 0.25) is 18.1 Å². The van der Waals surface area contributed by atoms with Crippen molar-refractivity contribution in [2.75, 3.05) is 6.54 Å². The van der Waals surface area contributed by atoms with Gasteiger partial charge in [-0.3, -0.25) is 0 Å². The molecule has 15 heteroatoms. The van der Waals surface area contributed by atoms with Crippen LogP contribution < -0.4 is 5.32 Å². The van der Waals surface area contributed by atoms with E-state index in [4.69, 9.17) is 4.43 Å². The van der Waals surface area contributed by atoms with E-state index in [-0.39, 0.29) is 31.5 Å². The van der Waals surface area contributed by atoms with Crippen molar-refractivity contribution >= 4 is 8.32 Å². The zero-order chi connectivity index (χ0) is 32.3. The van der Waals surface area contributed by atoms with E-state index in [0.29, 0.717) is 24.3 Å². The van der Waals surface area contributed by atoms with Crippen LogP contribution in [-0.2, 0) is 34.7 Å². The lowest BCUT2D eigenvalue weighted by atomic mass is 9.77. The van der Waals surface area contributed by atoms with Crippen molar-refractivity contribution in [2.24, 2.45) is 0 Å². The van der Waals surface area contributed by atoms with Gasteiger partial charge >= 0.3 is 24.7 Å². The van der Waals surface area contributed by atoms with E-state index < -0.39 is 83.1 Å². The maximum Gasteiger partial charge on any atom is 0.416 e. The number of nitrogens with one attached hydrogen (secondary N) is 1. The van der Waals surface area contributed by atoms with Crippen LogP contribution >= 0.6 is 0 Å². The number of halogens is 12. The summed E-state index contributed by atoms with van der Waals surface area (Å²) in [6.45, 7) is 8.22. The van der Waals surface area contributed by atoms with Crippen LogP contribution in [0.5, 0.6) is 0 Å². The largest absolute Gasteiger partial charge is 0.416 e. The summed E-state index contributed by atoms with van der Waals surface area (Å²) in [4.78, 5) is 0. The molecule has 1 atom stereocenters. The molecule has 2 nitrogen and oxygen atoms in total. The van der Waals surface area contributed by atoms with Gasteiger partial charge in [0.25, 0.3) is 0 Å². The molecule has 1 N–H and O–H groups in total. The van der Waals surface area contributed by atoms with Crippen LogP contribution in [0.4, 0.5) is 52.7 Å². The highest BCUT2D eigenvalue weighted by Crippen LogP contribution is 2.51. The molecule has 0 radical (unpaired) electrons. The molecule has 0 aromatic heterocycles. The van der Waals surface area contributed by atoms with E-state index in [9.17, 15) is 52.7 Å². The molecule has 0 saturated carbocycles. The summed E-state index contributed by atoms with van der Waals surface area (Å²) in [6.07, 6.45) is -21.1. The fourth-order valence-corrected chi connectivity index (χ4v) is 6.17. The molecule has 42 heavy (non-hydrogen) atoms. The molecular formula is C27H29F12NOSi. The van der Waals surface area contributed by atoms with Gasteiger partial charge in [-0.2, -0.15) is 52.7 Å². The van der Waals surface area contributed by atoms with Crippen LogP contribution in [0.25, 0.3) is 0 Å². The normalized spacial score (nSPS) is 18.1. The Labute approximate surface area is 235 Å². The quantitative estimate of drug-likeness (QED) is 0.260. The standard InChI is InChI=1S/C27H29F12NOSi/c1-22(2,3)42(4,5)41-23(21-7-6-8-40-21,15-9-17(24(28,29)30)13-18(10-15)25(31,32)33)16-11-19(26(34,35)36)14-20(12-16)27(37,38)39/h9-14,21,40H,6-8H2,1-5H3. The Morgan fingerprint density at radius 2 is 0.905 bits per heavy atom. The molecule has 0 aliphatic carbocycles. The van der Waals surface area contributed by atoms with Gasteiger partial charge in [0.1, 0.15) is 5.60 Å². The highest BCUT2D eigenvalue weighted by Gasteiger charge is 2.54. The highest BCUT2D eigenvalue weighted by atomic mass is 28.4. The molecule has 2 aromatic rings. The molecule has 2 aromatic carbocycles. The predicted octanol–water partition coefficient (Wildman–Crippen LogP) is 9.78. The summed E-state index contributed by atoms with van der Waals surface area (Å²) in [6, 6.07) is -0.329. The maximum absolute atomic E-state index is 14.0. The SMILES string of the molecule is CC(C)(C)[Si](C)(C)OC(c1cc(C(F)(F)F)cc(C(F)(F)F)c1)(c1cc(C(F)(F)F)cc(C(F)(F)F)c1)C1CCCN1. The highest BCUT2D eigenvalue weighted by molar-refractivity contribution is 6.74. The molecule has 0 bridgehead atoms. The summed E-state index contributed by atoms with van der Waals surface area (Å²) in [5.41, 5.74) is -11.5. The predicted molar refractivity (Wildman–Crippen MR) is 133 cm³/mol. The van der Waals surface area contributed by atoms with E-state index in [1.54, 1.807) is 33.9 Å². The number of rotatable bonds is 5. The number of benzene rings is 2. The molecule has 1 heterocycles. The van der Waals surface area contributed by atoms with Gasteiger partial charge in [0.2, 0.25) is 0 Å². The van der Waals surface area contributed by atoms with Crippen molar-refractivity contribution in [3.8, 4) is 0 Å². The van der Waals surface area contributed by atoms with Crippen LogP contribution in [0.3, 0.4) is 0 Å². The van der Waals surface area contributed by atoms with Gasteiger partial charge in [-0.1, -0.05) is 20.8 Å². The molecule has 1 aliphatic heterocycles. The fourth-order valence-electron chi connectivity index (χ4n) is 4.68. The fraction of sp³-hybridized carbons (Fsp3) is 0.556. The van der Waals surface area contributed by atoms with Crippen LogP contribution in [0.15, 0.2) is 36.4 Å².